The van der Waals surface area contributed by atoms with Gasteiger partial charge in [-0.1, -0.05) is 0 Å². The molecule has 0 N–H and O–H groups in total. The number of hydrogen-bond donors (Lipinski definition) is 0. The van der Waals surface area contributed by atoms with Crippen LogP contribution in [0.15, 0.2) is 30.6 Å². The molecule has 7 heteroatoms. The Morgan fingerprint density at radius 3 is 2.74 bits per heavy atom. The molecule has 0 unspecified atom stereocenters. The summed E-state index contributed by atoms with van der Waals surface area (Å²) in [6, 6.07) is 6.24. The summed E-state index contributed by atoms with van der Waals surface area (Å²) in [7, 11) is 3.68. The third-order valence-electron chi connectivity index (χ3n) is 4.20. The van der Waals surface area contributed by atoms with Crippen LogP contribution in [0.1, 0.15) is 18.3 Å². The van der Waals surface area contributed by atoms with Crippen LogP contribution in [-0.4, -0.2) is 52.6 Å². The molecule has 0 radical (unpaired) electrons. The smallest absolute Gasteiger partial charge is 0.150 e. The Bertz CT molecular complexity index is 631. The Hall–Kier alpha value is -1.99. The number of benzene rings is 1. The highest BCUT2D eigenvalue weighted by Crippen LogP contribution is 2.31. The Balaban J connectivity index is 1.60. The van der Waals surface area contributed by atoms with Crippen molar-refractivity contribution in [2.24, 2.45) is 7.05 Å². The highest BCUT2D eigenvalue weighted by Gasteiger charge is 2.35. The fraction of sp³-hybridized carbons (Fsp3) is 0.500. The summed E-state index contributed by atoms with van der Waals surface area (Å²) in [4.78, 5) is 2.29. The predicted octanol–water partition coefficient (Wildman–Crippen LogP) is 1.79. The Labute approximate surface area is 134 Å². The van der Waals surface area contributed by atoms with Crippen LogP contribution >= 0.6 is 0 Å². The minimum Gasteiger partial charge on any atom is -0.492 e. The minimum atomic E-state index is -0.262. The second-order valence-electron chi connectivity index (χ2n) is 5.71. The van der Waals surface area contributed by atoms with Crippen molar-refractivity contribution < 1.29 is 13.9 Å². The van der Waals surface area contributed by atoms with E-state index >= 15 is 0 Å². The van der Waals surface area contributed by atoms with Gasteiger partial charge in [-0.3, -0.25) is 4.90 Å². The molecule has 0 amide bonds. The summed E-state index contributed by atoms with van der Waals surface area (Å²) < 4.78 is 26.0. The summed E-state index contributed by atoms with van der Waals surface area (Å²) >= 11 is 0. The quantitative estimate of drug-likeness (QED) is 0.812. The number of likely N-dealkylation sites (tertiary alicyclic amines) is 1. The van der Waals surface area contributed by atoms with E-state index in [-0.39, 0.29) is 18.0 Å². The summed E-state index contributed by atoms with van der Waals surface area (Å²) in [5, 5.41) is 8.19. The molecule has 2 atom stereocenters. The third kappa shape index (κ3) is 3.68. The van der Waals surface area contributed by atoms with E-state index in [1.54, 1.807) is 25.6 Å². The summed E-state index contributed by atoms with van der Waals surface area (Å²) in [6.07, 6.45) is 2.78. The monoisotopic (exact) mass is 320 g/mol. The van der Waals surface area contributed by atoms with Crippen LogP contribution in [0.3, 0.4) is 0 Å². The van der Waals surface area contributed by atoms with Gasteiger partial charge in [-0.2, -0.15) is 0 Å². The highest BCUT2D eigenvalue weighted by molar-refractivity contribution is 5.22. The lowest BCUT2D eigenvalue weighted by Gasteiger charge is -2.23. The Kier molecular flexibility index (Phi) is 4.88. The lowest BCUT2D eigenvalue weighted by molar-refractivity contribution is 0.105. The van der Waals surface area contributed by atoms with Gasteiger partial charge in [0.05, 0.1) is 12.1 Å². The van der Waals surface area contributed by atoms with Crippen molar-refractivity contribution in [3.8, 4) is 5.75 Å². The molecule has 0 bridgehead atoms. The molecular formula is C16H21FN4O2. The maximum absolute atomic E-state index is 12.9. The van der Waals surface area contributed by atoms with Crippen LogP contribution in [0.2, 0.25) is 0 Å². The lowest BCUT2D eigenvalue weighted by Crippen LogP contribution is -2.30. The van der Waals surface area contributed by atoms with Gasteiger partial charge in [0, 0.05) is 27.2 Å². The first kappa shape index (κ1) is 15.9. The van der Waals surface area contributed by atoms with E-state index in [2.05, 4.69) is 15.1 Å². The first-order valence-electron chi connectivity index (χ1n) is 7.66. The van der Waals surface area contributed by atoms with Crippen LogP contribution in [-0.2, 0) is 11.8 Å². The van der Waals surface area contributed by atoms with E-state index in [4.69, 9.17) is 9.47 Å². The molecule has 2 aromatic rings. The van der Waals surface area contributed by atoms with Crippen molar-refractivity contribution in [2.45, 2.75) is 18.6 Å². The van der Waals surface area contributed by atoms with E-state index in [0.717, 1.165) is 25.3 Å². The van der Waals surface area contributed by atoms with Crippen molar-refractivity contribution in [2.75, 3.05) is 26.8 Å². The van der Waals surface area contributed by atoms with E-state index in [1.165, 1.54) is 12.1 Å². The molecule has 1 fully saturated rings. The zero-order chi connectivity index (χ0) is 16.2. The van der Waals surface area contributed by atoms with Crippen molar-refractivity contribution in [1.82, 2.24) is 19.7 Å². The van der Waals surface area contributed by atoms with Gasteiger partial charge in [0.15, 0.2) is 0 Å². The van der Waals surface area contributed by atoms with Crippen LogP contribution < -0.4 is 4.74 Å². The molecule has 1 aromatic carbocycles. The molecule has 0 spiro atoms. The topological polar surface area (TPSA) is 52.4 Å². The van der Waals surface area contributed by atoms with Gasteiger partial charge in [-0.15, -0.1) is 10.2 Å². The number of nitrogens with zero attached hydrogens (tertiary/aromatic N) is 4. The molecule has 6 nitrogen and oxygen atoms in total. The standard InChI is InChI=1S/C16H21FN4O2/c1-20-11-18-19-16(20)15-9-14(22-2)10-21(15)7-8-23-13-5-3-12(17)4-6-13/h3-6,11,14-15H,7-10H2,1-2H3/t14-,15+/m1/s1. The van der Waals surface area contributed by atoms with Crippen molar-refractivity contribution in [1.29, 1.82) is 0 Å². The fourth-order valence-corrected chi connectivity index (χ4v) is 2.95. The van der Waals surface area contributed by atoms with E-state index < -0.39 is 0 Å². The van der Waals surface area contributed by atoms with Gasteiger partial charge >= 0.3 is 0 Å². The highest BCUT2D eigenvalue weighted by atomic mass is 19.1. The van der Waals surface area contributed by atoms with E-state index in [9.17, 15) is 4.39 Å². The lowest BCUT2D eigenvalue weighted by atomic mass is 10.2. The van der Waals surface area contributed by atoms with E-state index in [1.807, 2.05) is 11.6 Å². The summed E-state index contributed by atoms with van der Waals surface area (Å²) in [5.74, 6) is 1.35. The number of hydrogen-bond acceptors (Lipinski definition) is 5. The van der Waals surface area contributed by atoms with Crippen LogP contribution in [0.4, 0.5) is 4.39 Å². The van der Waals surface area contributed by atoms with Gasteiger partial charge < -0.3 is 14.0 Å². The zero-order valence-corrected chi connectivity index (χ0v) is 13.4. The normalized spacial score (nSPS) is 21.7. The van der Waals surface area contributed by atoms with Crippen LogP contribution in [0, 0.1) is 5.82 Å². The average molecular weight is 320 g/mol. The number of ether oxygens (including phenoxy) is 2. The second-order valence-corrected chi connectivity index (χ2v) is 5.71. The average Bonchev–Trinajstić information content (AvgIpc) is 3.15. The van der Waals surface area contributed by atoms with Crippen molar-refractivity contribution in [3.05, 3.63) is 42.2 Å². The van der Waals surface area contributed by atoms with Crippen LogP contribution in [0.5, 0.6) is 5.75 Å². The molecule has 124 valence electrons. The van der Waals surface area contributed by atoms with Crippen LogP contribution in [0.25, 0.3) is 0 Å². The SMILES string of the molecule is CO[C@@H]1C[C@@H](c2nncn2C)N(CCOc2ccc(F)cc2)C1. The Morgan fingerprint density at radius 1 is 1.30 bits per heavy atom. The number of aromatic nitrogens is 3. The summed E-state index contributed by atoms with van der Waals surface area (Å²) in [5.41, 5.74) is 0. The van der Waals surface area contributed by atoms with Crippen molar-refractivity contribution >= 4 is 0 Å². The zero-order valence-electron chi connectivity index (χ0n) is 13.4. The van der Waals surface area contributed by atoms with E-state index in [0.29, 0.717) is 12.4 Å². The van der Waals surface area contributed by atoms with Crippen molar-refractivity contribution in [3.63, 3.8) is 0 Å². The first-order chi connectivity index (χ1) is 11.2. The van der Waals surface area contributed by atoms with Gasteiger partial charge in [-0.25, -0.2) is 4.39 Å². The number of methoxy groups -OCH3 is 1. The number of aryl methyl sites for hydroxylation is 1. The molecular weight excluding hydrogens is 299 g/mol. The predicted molar refractivity (Wildman–Crippen MR) is 82.6 cm³/mol. The Morgan fingerprint density at radius 2 is 2.09 bits per heavy atom. The van der Waals surface area contributed by atoms with Gasteiger partial charge in [0.25, 0.3) is 0 Å². The molecule has 0 saturated carbocycles. The third-order valence-corrected chi connectivity index (χ3v) is 4.20. The molecule has 0 aliphatic carbocycles. The molecule has 2 heterocycles. The largest absolute Gasteiger partial charge is 0.492 e. The second kappa shape index (κ2) is 7.06. The molecule has 3 rings (SSSR count). The van der Waals surface area contributed by atoms with Gasteiger partial charge in [0.1, 0.15) is 30.3 Å². The first-order valence-corrected chi connectivity index (χ1v) is 7.66. The molecule has 1 aromatic heterocycles. The number of halogens is 1. The molecule has 1 aliphatic rings. The molecule has 23 heavy (non-hydrogen) atoms. The fourth-order valence-electron chi connectivity index (χ4n) is 2.95. The maximum atomic E-state index is 12.9. The summed E-state index contributed by atoms with van der Waals surface area (Å²) in [6.45, 7) is 2.10. The minimum absolute atomic E-state index is 0.171. The molecule has 1 saturated heterocycles. The number of rotatable bonds is 6. The maximum Gasteiger partial charge on any atom is 0.150 e. The van der Waals surface area contributed by atoms with Gasteiger partial charge in [-0.05, 0) is 30.7 Å². The van der Waals surface area contributed by atoms with Gasteiger partial charge in [0.2, 0.25) is 0 Å². The molecule has 1 aliphatic heterocycles.